The Hall–Kier alpha value is -1.58. The fourth-order valence-corrected chi connectivity index (χ4v) is 4.40. The molecule has 1 heterocycles. The zero-order valence-corrected chi connectivity index (χ0v) is 13.1. The minimum absolute atomic E-state index is 0.353. The summed E-state index contributed by atoms with van der Waals surface area (Å²) >= 11 is 0. The van der Waals surface area contributed by atoms with Gasteiger partial charge in [-0.05, 0) is 62.5 Å². The SMILES string of the molecule is Cc1cc(C)c(C(=O)O)c(N(C)CC2CC3CCC2C3)n1. The van der Waals surface area contributed by atoms with Crippen LogP contribution < -0.4 is 4.90 Å². The second kappa shape index (κ2) is 5.32. The number of nitrogens with zero attached hydrogens (tertiary/aromatic N) is 2. The number of hydrogen-bond acceptors (Lipinski definition) is 3. The molecule has 4 heteroatoms. The Kier molecular flexibility index (Phi) is 3.64. The number of hydrogen-bond donors (Lipinski definition) is 1. The predicted octanol–water partition coefficient (Wildman–Crippen LogP) is 3.27. The molecule has 1 aromatic rings. The molecule has 2 bridgehead atoms. The van der Waals surface area contributed by atoms with Gasteiger partial charge in [0.25, 0.3) is 0 Å². The summed E-state index contributed by atoms with van der Waals surface area (Å²) in [7, 11) is 1.99. The van der Waals surface area contributed by atoms with E-state index in [9.17, 15) is 9.90 Å². The van der Waals surface area contributed by atoms with Gasteiger partial charge in [0.1, 0.15) is 11.4 Å². The molecule has 2 fully saturated rings. The van der Waals surface area contributed by atoms with Gasteiger partial charge in [-0.1, -0.05) is 6.42 Å². The van der Waals surface area contributed by atoms with E-state index in [1.807, 2.05) is 27.0 Å². The maximum absolute atomic E-state index is 11.6. The lowest BCUT2D eigenvalue weighted by Crippen LogP contribution is -2.30. The molecule has 3 unspecified atom stereocenters. The molecule has 2 aliphatic carbocycles. The van der Waals surface area contributed by atoms with E-state index in [2.05, 4.69) is 9.88 Å². The summed E-state index contributed by atoms with van der Waals surface area (Å²) in [6.07, 6.45) is 5.44. The van der Waals surface area contributed by atoms with E-state index in [4.69, 9.17) is 0 Å². The molecule has 0 aliphatic heterocycles. The van der Waals surface area contributed by atoms with Crippen LogP contribution in [0.15, 0.2) is 6.07 Å². The van der Waals surface area contributed by atoms with E-state index in [1.165, 1.54) is 25.7 Å². The summed E-state index contributed by atoms with van der Waals surface area (Å²) in [5.74, 6) is 2.21. The molecule has 2 aliphatic rings. The van der Waals surface area contributed by atoms with Crippen molar-refractivity contribution >= 4 is 11.8 Å². The molecule has 0 saturated heterocycles. The number of fused-ring (bicyclic) bond motifs is 2. The lowest BCUT2D eigenvalue weighted by molar-refractivity contribution is 0.0696. The minimum Gasteiger partial charge on any atom is -0.478 e. The molecule has 21 heavy (non-hydrogen) atoms. The number of aryl methyl sites for hydroxylation is 2. The molecule has 3 atom stereocenters. The van der Waals surface area contributed by atoms with Crippen LogP contribution in [0.5, 0.6) is 0 Å². The van der Waals surface area contributed by atoms with Crippen molar-refractivity contribution in [3.8, 4) is 0 Å². The van der Waals surface area contributed by atoms with Crippen LogP contribution in [-0.4, -0.2) is 29.7 Å². The summed E-state index contributed by atoms with van der Waals surface area (Å²) < 4.78 is 0. The number of aromatic carboxylic acids is 1. The van der Waals surface area contributed by atoms with Crippen molar-refractivity contribution < 1.29 is 9.90 Å². The van der Waals surface area contributed by atoms with Crippen molar-refractivity contribution in [2.24, 2.45) is 17.8 Å². The maximum Gasteiger partial charge on any atom is 0.339 e. The highest BCUT2D eigenvalue weighted by Crippen LogP contribution is 2.48. The smallest absolute Gasteiger partial charge is 0.339 e. The minimum atomic E-state index is -0.880. The van der Waals surface area contributed by atoms with Gasteiger partial charge >= 0.3 is 5.97 Å². The monoisotopic (exact) mass is 288 g/mol. The van der Waals surface area contributed by atoms with Gasteiger partial charge in [0.2, 0.25) is 0 Å². The average molecular weight is 288 g/mol. The molecular weight excluding hydrogens is 264 g/mol. The third-order valence-electron chi connectivity index (χ3n) is 5.29. The quantitative estimate of drug-likeness (QED) is 0.924. The van der Waals surface area contributed by atoms with Gasteiger partial charge in [0.05, 0.1) is 0 Å². The van der Waals surface area contributed by atoms with E-state index in [1.54, 1.807) is 0 Å². The molecule has 1 aromatic heterocycles. The van der Waals surface area contributed by atoms with Crippen LogP contribution in [0.1, 0.15) is 47.3 Å². The largest absolute Gasteiger partial charge is 0.478 e. The number of anilines is 1. The first-order chi connectivity index (χ1) is 9.95. The topological polar surface area (TPSA) is 53.4 Å². The maximum atomic E-state index is 11.6. The molecule has 2 saturated carbocycles. The highest BCUT2D eigenvalue weighted by Gasteiger charge is 2.40. The first kappa shape index (κ1) is 14.4. The molecule has 3 rings (SSSR count). The number of carboxylic acids is 1. The molecule has 0 aromatic carbocycles. The van der Waals surface area contributed by atoms with Crippen LogP contribution in [-0.2, 0) is 0 Å². The summed E-state index contributed by atoms with van der Waals surface area (Å²) in [6, 6.07) is 1.85. The van der Waals surface area contributed by atoms with Crippen LogP contribution in [0.2, 0.25) is 0 Å². The molecule has 114 valence electrons. The van der Waals surface area contributed by atoms with Crippen LogP contribution in [0.25, 0.3) is 0 Å². The Morgan fingerprint density at radius 2 is 2.14 bits per heavy atom. The van der Waals surface area contributed by atoms with Gasteiger partial charge < -0.3 is 10.0 Å². The predicted molar refractivity (Wildman–Crippen MR) is 82.9 cm³/mol. The molecule has 0 spiro atoms. The fraction of sp³-hybridized carbons (Fsp3) is 0.647. The van der Waals surface area contributed by atoms with Gasteiger partial charge in [-0.25, -0.2) is 9.78 Å². The third kappa shape index (κ3) is 2.63. The number of carboxylic acid groups (broad SMARTS) is 1. The first-order valence-corrected chi connectivity index (χ1v) is 7.88. The Morgan fingerprint density at radius 1 is 1.38 bits per heavy atom. The zero-order chi connectivity index (χ0) is 15.1. The summed E-state index contributed by atoms with van der Waals surface area (Å²) in [5, 5.41) is 9.49. The highest BCUT2D eigenvalue weighted by atomic mass is 16.4. The molecule has 0 amide bonds. The third-order valence-corrected chi connectivity index (χ3v) is 5.29. The van der Waals surface area contributed by atoms with E-state index in [0.29, 0.717) is 17.3 Å². The van der Waals surface area contributed by atoms with Gasteiger partial charge in [0, 0.05) is 19.3 Å². The van der Waals surface area contributed by atoms with Gasteiger partial charge in [-0.2, -0.15) is 0 Å². The van der Waals surface area contributed by atoms with Crippen molar-refractivity contribution in [3.05, 3.63) is 22.9 Å². The fourth-order valence-electron chi connectivity index (χ4n) is 4.40. The van der Waals surface area contributed by atoms with Crippen molar-refractivity contribution in [3.63, 3.8) is 0 Å². The van der Waals surface area contributed by atoms with Gasteiger partial charge in [-0.15, -0.1) is 0 Å². The first-order valence-electron chi connectivity index (χ1n) is 7.88. The van der Waals surface area contributed by atoms with Crippen LogP contribution >= 0.6 is 0 Å². The lowest BCUT2D eigenvalue weighted by Gasteiger charge is -2.29. The van der Waals surface area contributed by atoms with E-state index >= 15 is 0 Å². The van der Waals surface area contributed by atoms with E-state index < -0.39 is 5.97 Å². The lowest BCUT2D eigenvalue weighted by atomic mass is 9.88. The standard InChI is InChI=1S/C17H24N2O2/c1-10-6-11(2)18-16(15(10)17(20)21)19(3)9-14-8-12-4-5-13(14)7-12/h6,12-14H,4-5,7-9H2,1-3H3,(H,20,21). The Balaban J connectivity index is 1.84. The molecule has 0 radical (unpaired) electrons. The zero-order valence-electron chi connectivity index (χ0n) is 13.1. The normalized spacial score (nSPS) is 27.1. The summed E-state index contributed by atoms with van der Waals surface area (Å²) in [6.45, 7) is 4.71. The van der Waals surface area contributed by atoms with E-state index in [-0.39, 0.29) is 0 Å². The second-order valence-corrected chi connectivity index (χ2v) is 6.90. The van der Waals surface area contributed by atoms with Crippen LogP contribution in [0.4, 0.5) is 5.82 Å². The summed E-state index contributed by atoms with van der Waals surface area (Å²) in [5.41, 5.74) is 2.03. The van der Waals surface area contributed by atoms with Crippen LogP contribution in [0, 0.1) is 31.6 Å². The average Bonchev–Trinajstić information content (AvgIpc) is 2.99. The van der Waals surface area contributed by atoms with Gasteiger partial charge in [0.15, 0.2) is 0 Å². The van der Waals surface area contributed by atoms with Gasteiger partial charge in [-0.3, -0.25) is 0 Å². The highest BCUT2D eigenvalue weighted by molar-refractivity contribution is 5.95. The van der Waals surface area contributed by atoms with Crippen molar-refractivity contribution in [1.29, 1.82) is 0 Å². The number of aromatic nitrogens is 1. The van der Waals surface area contributed by atoms with Crippen LogP contribution in [0.3, 0.4) is 0 Å². The van der Waals surface area contributed by atoms with Crippen molar-refractivity contribution in [1.82, 2.24) is 4.98 Å². The van der Waals surface area contributed by atoms with Crippen molar-refractivity contribution in [2.75, 3.05) is 18.5 Å². The Bertz CT molecular complexity index is 570. The van der Waals surface area contributed by atoms with Crippen molar-refractivity contribution in [2.45, 2.75) is 39.5 Å². The molecule has 4 nitrogen and oxygen atoms in total. The number of rotatable bonds is 4. The number of carbonyl (C=O) groups is 1. The second-order valence-electron chi connectivity index (χ2n) is 6.90. The summed E-state index contributed by atoms with van der Waals surface area (Å²) in [4.78, 5) is 18.1. The molecular formula is C17H24N2O2. The molecule has 1 N–H and O–H groups in total. The Labute approximate surface area is 126 Å². The Morgan fingerprint density at radius 3 is 2.71 bits per heavy atom. The van der Waals surface area contributed by atoms with E-state index in [0.717, 1.165) is 29.6 Å². The number of pyridine rings is 1.